The molecule has 0 heterocycles. The molecule has 8 heavy (non-hydrogen) atoms. The number of hydrogen-bond donors (Lipinski definition) is 0. The van der Waals surface area contributed by atoms with Crippen molar-refractivity contribution in [1.29, 1.82) is 0 Å². The van der Waals surface area contributed by atoms with Crippen molar-refractivity contribution >= 4 is 23.1 Å². The van der Waals surface area contributed by atoms with Crippen molar-refractivity contribution in [3.05, 3.63) is 20.1 Å². The van der Waals surface area contributed by atoms with Crippen molar-refractivity contribution in [3.8, 4) is 0 Å². The fourth-order valence-electron chi connectivity index (χ4n) is 0.250. The molecule has 0 aromatic heterocycles. The summed E-state index contributed by atoms with van der Waals surface area (Å²) >= 11 is 0. The molecular weight excluding hydrogens is 108 g/mol. The monoisotopic (exact) mass is 122 g/mol. The molecule has 0 radical (unpaired) electrons. The van der Waals surface area contributed by atoms with Crippen LogP contribution in [0.4, 0.5) is 0 Å². The van der Waals surface area contributed by atoms with Crippen LogP contribution in [-0.2, 0) is 0 Å². The Kier molecular flexibility index (Phi) is 51.1. The number of rotatable bonds is 2. The molecule has 0 aromatic rings. The van der Waals surface area contributed by atoms with Crippen molar-refractivity contribution in [2.75, 3.05) is 0 Å². The Morgan fingerprint density at radius 1 is 1.50 bits per heavy atom. The molecule has 0 aliphatic carbocycles. The molecule has 0 saturated heterocycles. The minimum atomic E-state index is 0. The number of hydrogen-bond acceptors (Lipinski definition) is 0. The molecule has 0 aliphatic rings. The summed E-state index contributed by atoms with van der Waals surface area (Å²) in [7, 11) is 0. The van der Waals surface area contributed by atoms with Gasteiger partial charge in [-0.05, 0) is 0 Å². The van der Waals surface area contributed by atoms with E-state index in [1.54, 1.807) is 0 Å². The third kappa shape index (κ3) is 31.4. The molecule has 44 valence electrons. The average molecular weight is 122 g/mol. The summed E-state index contributed by atoms with van der Waals surface area (Å²) in [6.45, 7) is 12.8. The van der Waals surface area contributed by atoms with Gasteiger partial charge in [-0.3, -0.25) is 6.58 Å². The second kappa shape index (κ2) is 25.8. The van der Waals surface area contributed by atoms with Gasteiger partial charge in [-0.25, -0.2) is 0 Å². The first-order valence-electron chi connectivity index (χ1n) is 2.62. The summed E-state index contributed by atoms with van der Waals surface area (Å²) in [6, 6.07) is 0. The third-order valence-electron chi connectivity index (χ3n) is 0.604. The van der Waals surface area contributed by atoms with Gasteiger partial charge >= 0.3 is 23.1 Å². The fourth-order valence-corrected chi connectivity index (χ4v) is 0.250. The summed E-state index contributed by atoms with van der Waals surface area (Å²) in [4.78, 5) is 0. The van der Waals surface area contributed by atoms with E-state index in [-0.39, 0.29) is 23.1 Å². The third-order valence-corrected chi connectivity index (χ3v) is 0.604. The molecule has 0 nitrogen and oxygen atoms in total. The molecule has 0 bridgehead atoms. The van der Waals surface area contributed by atoms with E-state index in [0.29, 0.717) is 0 Å². The standard InChI is InChI=1S/C5H11.C2H3.Mg/c1-3-5-4-2;1-2;/h1,3-5H2,2H3;1H,2H2;/q2*-1;+2. The van der Waals surface area contributed by atoms with Gasteiger partial charge in [0.05, 0.1) is 0 Å². The van der Waals surface area contributed by atoms with E-state index in [2.05, 4.69) is 27.0 Å². The Morgan fingerprint density at radius 2 is 1.88 bits per heavy atom. The topological polar surface area (TPSA) is 0 Å². The number of unbranched alkanes of at least 4 members (excludes halogenated alkanes) is 2. The fraction of sp³-hybridized carbons (Fsp3) is 0.571. The summed E-state index contributed by atoms with van der Waals surface area (Å²) < 4.78 is 0. The van der Waals surface area contributed by atoms with Crippen LogP contribution in [-0.4, -0.2) is 23.1 Å². The molecule has 0 amide bonds. The smallest absolute Gasteiger partial charge is 0.521 e. The molecule has 0 unspecified atom stereocenters. The summed E-state index contributed by atoms with van der Waals surface area (Å²) in [5.41, 5.74) is 0. The minimum absolute atomic E-state index is 0. The molecule has 0 saturated carbocycles. The van der Waals surface area contributed by atoms with Gasteiger partial charge in [0.2, 0.25) is 0 Å². The van der Waals surface area contributed by atoms with Crippen molar-refractivity contribution in [2.45, 2.75) is 26.2 Å². The average Bonchev–Trinajstić information content (AvgIpc) is 1.75. The van der Waals surface area contributed by atoms with Gasteiger partial charge in [0.15, 0.2) is 0 Å². The SMILES string of the molecule is [CH-]=C.[CH2-]CCCC.[Mg+2]. The summed E-state index contributed by atoms with van der Waals surface area (Å²) in [5.74, 6) is 0. The quantitative estimate of drug-likeness (QED) is 0.389. The van der Waals surface area contributed by atoms with E-state index < -0.39 is 0 Å². The molecule has 0 rings (SSSR count). The van der Waals surface area contributed by atoms with Gasteiger partial charge in [-0.2, -0.15) is 6.42 Å². The first-order valence-corrected chi connectivity index (χ1v) is 2.62. The maximum Gasteiger partial charge on any atom is 2.00 e. The normalized spacial score (nSPS) is 5.75. The van der Waals surface area contributed by atoms with Crippen LogP contribution in [0.1, 0.15) is 26.2 Å². The molecule has 0 aliphatic heterocycles. The molecule has 0 atom stereocenters. The zero-order chi connectivity index (χ0) is 6.12. The molecule has 0 N–H and O–H groups in total. The first kappa shape index (κ1) is 15.8. The van der Waals surface area contributed by atoms with E-state index in [1.165, 1.54) is 12.8 Å². The van der Waals surface area contributed by atoms with Gasteiger partial charge in [-0.15, -0.1) is 0 Å². The van der Waals surface area contributed by atoms with Gasteiger partial charge in [0.1, 0.15) is 0 Å². The van der Waals surface area contributed by atoms with Crippen LogP contribution in [0.15, 0.2) is 6.58 Å². The largest absolute Gasteiger partial charge is 2.00 e. The van der Waals surface area contributed by atoms with Crippen LogP contribution in [0, 0.1) is 13.5 Å². The predicted molar refractivity (Wildman–Crippen MR) is 40.6 cm³/mol. The first-order chi connectivity index (χ1) is 3.41. The van der Waals surface area contributed by atoms with Crippen molar-refractivity contribution < 1.29 is 0 Å². The van der Waals surface area contributed by atoms with Crippen LogP contribution < -0.4 is 0 Å². The van der Waals surface area contributed by atoms with E-state index in [1.807, 2.05) is 0 Å². The van der Waals surface area contributed by atoms with Crippen LogP contribution in [0.25, 0.3) is 0 Å². The zero-order valence-electron chi connectivity index (χ0n) is 5.82. The Labute approximate surface area is 69.5 Å². The van der Waals surface area contributed by atoms with Gasteiger partial charge in [0, 0.05) is 0 Å². The summed E-state index contributed by atoms with van der Waals surface area (Å²) in [6.07, 6.45) is 3.65. The molecular formula is C7H14Mg. The van der Waals surface area contributed by atoms with Crippen LogP contribution >= 0.6 is 0 Å². The van der Waals surface area contributed by atoms with Gasteiger partial charge in [0.25, 0.3) is 0 Å². The predicted octanol–water partition coefficient (Wildman–Crippen LogP) is 2.24. The second-order valence-electron chi connectivity index (χ2n) is 1.21. The van der Waals surface area contributed by atoms with E-state index in [4.69, 9.17) is 0 Å². The van der Waals surface area contributed by atoms with Crippen LogP contribution in [0.2, 0.25) is 0 Å². The maximum absolute atomic E-state index is 4.25. The van der Waals surface area contributed by atoms with Gasteiger partial charge < -0.3 is 13.5 Å². The molecule has 0 spiro atoms. The Morgan fingerprint density at radius 3 is 1.88 bits per heavy atom. The van der Waals surface area contributed by atoms with Crippen molar-refractivity contribution in [1.82, 2.24) is 0 Å². The van der Waals surface area contributed by atoms with Crippen molar-refractivity contribution in [3.63, 3.8) is 0 Å². The second-order valence-corrected chi connectivity index (χ2v) is 1.21. The molecule has 0 fully saturated rings. The Balaban J connectivity index is -0.0000000750. The zero-order valence-corrected chi connectivity index (χ0v) is 7.23. The minimum Gasteiger partial charge on any atom is -0.521 e. The summed E-state index contributed by atoms with van der Waals surface area (Å²) in [5, 5.41) is 0. The van der Waals surface area contributed by atoms with Gasteiger partial charge in [-0.1, -0.05) is 19.8 Å². The molecule has 0 aromatic carbocycles. The molecule has 1 heteroatoms. The van der Waals surface area contributed by atoms with Crippen molar-refractivity contribution in [2.24, 2.45) is 0 Å². The van der Waals surface area contributed by atoms with Crippen LogP contribution in [0.5, 0.6) is 0 Å². The Bertz CT molecular complexity index is 18.3. The maximum atomic E-state index is 4.25. The van der Waals surface area contributed by atoms with E-state index in [0.717, 1.165) is 6.42 Å². The Hall–Kier alpha value is 0.506. The van der Waals surface area contributed by atoms with E-state index >= 15 is 0 Å². The van der Waals surface area contributed by atoms with Crippen LogP contribution in [0.3, 0.4) is 0 Å². The van der Waals surface area contributed by atoms with E-state index in [9.17, 15) is 0 Å².